The number of hydrogen-bond acceptors (Lipinski definition) is 5. The molecule has 1 unspecified atom stereocenters. The quantitative estimate of drug-likeness (QED) is 0.426. The molecule has 2 aliphatic rings. The first-order valence-electron chi connectivity index (χ1n) is 10.8. The number of hydrogen-bond donors (Lipinski definition) is 4. The first kappa shape index (κ1) is 25.3. The van der Waals surface area contributed by atoms with Gasteiger partial charge in [0.05, 0.1) is 6.26 Å². The van der Waals surface area contributed by atoms with Crippen LogP contribution in [0, 0.1) is 0 Å². The lowest BCUT2D eigenvalue weighted by molar-refractivity contribution is -0.143. The molecule has 10 nitrogen and oxygen atoms in total. The van der Waals surface area contributed by atoms with E-state index in [0.29, 0.717) is 48.4 Å². The molecule has 0 aromatic heterocycles. The van der Waals surface area contributed by atoms with E-state index in [2.05, 4.69) is 15.4 Å². The zero-order chi connectivity index (χ0) is 24.2. The second-order valence-corrected chi connectivity index (χ2v) is 10.8. The summed E-state index contributed by atoms with van der Waals surface area (Å²) in [6, 6.07) is 4.28. The van der Waals surface area contributed by atoms with E-state index >= 15 is 0 Å². The Kier molecular flexibility index (Phi) is 7.86. The fraction of sp³-hybridized carbons (Fsp3) is 0.571. The van der Waals surface area contributed by atoms with Crippen LogP contribution in [0.1, 0.15) is 49.7 Å². The molecule has 1 heterocycles. The van der Waals surface area contributed by atoms with E-state index in [4.69, 9.17) is 16.7 Å². The van der Waals surface area contributed by atoms with Crippen molar-refractivity contribution in [2.75, 3.05) is 12.8 Å². The summed E-state index contributed by atoms with van der Waals surface area (Å²) in [4.78, 5) is 38.8. The van der Waals surface area contributed by atoms with Gasteiger partial charge in [0, 0.05) is 24.7 Å². The van der Waals surface area contributed by atoms with Gasteiger partial charge in [-0.2, -0.15) is 4.72 Å². The zero-order valence-corrected chi connectivity index (χ0v) is 20.0. The third-order valence-corrected chi connectivity index (χ3v) is 7.11. The van der Waals surface area contributed by atoms with Crippen LogP contribution in [0.15, 0.2) is 18.2 Å². The monoisotopic (exact) mass is 500 g/mol. The average Bonchev–Trinajstić information content (AvgIpc) is 3.39. The summed E-state index contributed by atoms with van der Waals surface area (Å²) >= 11 is 6.07. The Bertz CT molecular complexity index is 1030. The van der Waals surface area contributed by atoms with Gasteiger partial charge in [0.1, 0.15) is 11.6 Å². The standard InChI is InChI=1S/C21H29ClN4O6S/c1-33(31,32)25-21(8-2-3-9-21)19(28)26-10-4-5-17(26)18(27)23-13-15-11-16(22)7-6-14(15)12-24-20(29)30/h6-7,11,17,24-25H,2-5,8-10,12-13H2,1H3,(H,23,27)(H,29,30). The van der Waals surface area contributed by atoms with Crippen LogP contribution in [-0.2, 0) is 32.7 Å². The lowest BCUT2D eigenvalue weighted by Gasteiger charge is -2.35. The highest BCUT2D eigenvalue weighted by molar-refractivity contribution is 7.88. The van der Waals surface area contributed by atoms with Crippen molar-refractivity contribution in [1.29, 1.82) is 0 Å². The number of amides is 3. The molecular weight excluding hydrogens is 472 g/mol. The summed E-state index contributed by atoms with van der Waals surface area (Å²) in [6.07, 6.45) is 3.29. The molecule has 0 bridgehead atoms. The van der Waals surface area contributed by atoms with Crippen molar-refractivity contribution in [3.8, 4) is 0 Å². The molecule has 4 N–H and O–H groups in total. The Hall–Kier alpha value is -2.37. The van der Waals surface area contributed by atoms with Gasteiger partial charge in [-0.05, 0) is 48.9 Å². The van der Waals surface area contributed by atoms with E-state index in [0.717, 1.165) is 19.1 Å². The number of rotatable bonds is 8. The molecule has 1 saturated heterocycles. The van der Waals surface area contributed by atoms with Crippen molar-refractivity contribution >= 4 is 39.5 Å². The van der Waals surface area contributed by atoms with Crippen LogP contribution >= 0.6 is 11.6 Å². The number of carbonyl (C=O) groups excluding carboxylic acids is 2. The Morgan fingerprint density at radius 2 is 1.79 bits per heavy atom. The minimum atomic E-state index is -3.60. The van der Waals surface area contributed by atoms with Crippen LogP contribution < -0.4 is 15.4 Å². The van der Waals surface area contributed by atoms with E-state index in [1.165, 1.54) is 4.90 Å². The molecule has 3 rings (SSSR count). The van der Waals surface area contributed by atoms with Crippen LogP contribution in [0.4, 0.5) is 4.79 Å². The normalized spacial score (nSPS) is 19.9. The predicted octanol–water partition coefficient (Wildman–Crippen LogP) is 1.58. The molecule has 1 saturated carbocycles. The first-order chi connectivity index (χ1) is 15.5. The summed E-state index contributed by atoms with van der Waals surface area (Å²) in [5.41, 5.74) is 0.134. The number of likely N-dealkylation sites (tertiary alicyclic amines) is 1. The molecule has 12 heteroatoms. The molecule has 1 atom stereocenters. The molecule has 1 aliphatic carbocycles. The SMILES string of the molecule is CS(=O)(=O)NC1(C(=O)N2CCCC2C(=O)NCc2cc(Cl)ccc2CNC(=O)O)CCCC1. The number of nitrogens with one attached hydrogen (secondary N) is 3. The molecule has 2 fully saturated rings. The van der Waals surface area contributed by atoms with Gasteiger partial charge in [-0.25, -0.2) is 13.2 Å². The van der Waals surface area contributed by atoms with E-state index in [-0.39, 0.29) is 24.9 Å². The summed E-state index contributed by atoms with van der Waals surface area (Å²) in [6.45, 7) is 0.557. The number of benzene rings is 1. The summed E-state index contributed by atoms with van der Waals surface area (Å²) in [7, 11) is -3.60. The Morgan fingerprint density at radius 3 is 2.42 bits per heavy atom. The minimum Gasteiger partial charge on any atom is -0.465 e. The highest BCUT2D eigenvalue weighted by atomic mass is 35.5. The second kappa shape index (κ2) is 10.3. The van der Waals surface area contributed by atoms with Crippen LogP contribution in [-0.4, -0.2) is 60.7 Å². The lowest BCUT2D eigenvalue weighted by atomic mass is 9.96. The smallest absolute Gasteiger partial charge is 0.404 e. The van der Waals surface area contributed by atoms with E-state index in [1.54, 1.807) is 18.2 Å². The van der Waals surface area contributed by atoms with Crippen molar-refractivity contribution in [3.63, 3.8) is 0 Å². The van der Waals surface area contributed by atoms with Crippen LogP contribution in [0.5, 0.6) is 0 Å². The molecule has 1 aromatic rings. The van der Waals surface area contributed by atoms with Gasteiger partial charge in [-0.3, -0.25) is 9.59 Å². The molecule has 1 aliphatic heterocycles. The average molecular weight is 501 g/mol. The number of halogens is 1. The maximum Gasteiger partial charge on any atom is 0.404 e. The third kappa shape index (κ3) is 6.36. The van der Waals surface area contributed by atoms with E-state index < -0.39 is 27.7 Å². The molecule has 3 amide bonds. The molecule has 1 aromatic carbocycles. The number of nitrogens with zero attached hydrogens (tertiary/aromatic N) is 1. The predicted molar refractivity (Wildman–Crippen MR) is 122 cm³/mol. The first-order valence-corrected chi connectivity index (χ1v) is 13.1. The molecule has 0 radical (unpaired) electrons. The van der Waals surface area contributed by atoms with Crippen LogP contribution in [0.2, 0.25) is 5.02 Å². The van der Waals surface area contributed by atoms with Gasteiger partial charge in [-0.15, -0.1) is 0 Å². The Balaban J connectivity index is 1.71. The maximum atomic E-state index is 13.4. The molecular formula is C21H29ClN4O6S. The van der Waals surface area contributed by atoms with Gasteiger partial charge >= 0.3 is 6.09 Å². The van der Waals surface area contributed by atoms with Crippen molar-refractivity contribution in [3.05, 3.63) is 34.3 Å². The van der Waals surface area contributed by atoms with Crippen molar-refractivity contribution in [2.45, 2.75) is 63.2 Å². The minimum absolute atomic E-state index is 0.0609. The molecule has 182 valence electrons. The van der Waals surface area contributed by atoms with Crippen molar-refractivity contribution in [2.24, 2.45) is 0 Å². The van der Waals surface area contributed by atoms with Crippen molar-refractivity contribution in [1.82, 2.24) is 20.3 Å². The highest BCUT2D eigenvalue weighted by Crippen LogP contribution is 2.34. The lowest BCUT2D eigenvalue weighted by Crippen LogP contribution is -2.60. The van der Waals surface area contributed by atoms with Crippen LogP contribution in [0.3, 0.4) is 0 Å². The number of sulfonamides is 1. The third-order valence-electron chi connectivity index (χ3n) is 6.12. The maximum absolute atomic E-state index is 13.4. The second-order valence-electron chi connectivity index (χ2n) is 8.61. The topological polar surface area (TPSA) is 145 Å². The number of carboxylic acid groups (broad SMARTS) is 1. The molecule has 0 spiro atoms. The number of carbonyl (C=O) groups is 3. The fourth-order valence-corrected chi connectivity index (χ4v) is 5.85. The van der Waals surface area contributed by atoms with E-state index in [9.17, 15) is 22.8 Å². The summed E-state index contributed by atoms with van der Waals surface area (Å²) in [5.74, 6) is -0.692. The highest BCUT2D eigenvalue weighted by Gasteiger charge is 2.48. The largest absolute Gasteiger partial charge is 0.465 e. The Labute approximate surface area is 198 Å². The van der Waals surface area contributed by atoms with Crippen LogP contribution in [0.25, 0.3) is 0 Å². The van der Waals surface area contributed by atoms with Gasteiger partial charge in [0.25, 0.3) is 0 Å². The summed E-state index contributed by atoms with van der Waals surface area (Å²) < 4.78 is 26.4. The van der Waals surface area contributed by atoms with Crippen molar-refractivity contribution < 1.29 is 27.9 Å². The fourth-order valence-electron chi connectivity index (χ4n) is 4.65. The van der Waals surface area contributed by atoms with Gasteiger partial charge in [0.15, 0.2) is 0 Å². The Morgan fingerprint density at radius 1 is 1.12 bits per heavy atom. The van der Waals surface area contributed by atoms with Gasteiger partial charge < -0.3 is 20.6 Å². The van der Waals surface area contributed by atoms with Gasteiger partial charge in [0.2, 0.25) is 21.8 Å². The van der Waals surface area contributed by atoms with Gasteiger partial charge in [-0.1, -0.05) is 30.5 Å². The summed E-state index contributed by atoms with van der Waals surface area (Å²) in [5, 5.41) is 14.4. The molecule has 33 heavy (non-hydrogen) atoms. The zero-order valence-electron chi connectivity index (χ0n) is 18.4. The van der Waals surface area contributed by atoms with E-state index in [1.807, 2.05) is 0 Å².